The van der Waals surface area contributed by atoms with E-state index in [0.29, 0.717) is 12.2 Å². The SMILES string of the molecule is O=C(NCC1(O)CCCCCC1)c1csc(C2CCCO2)n1. The van der Waals surface area contributed by atoms with Crippen molar-refractivity contribution in [2.24, 2.45) is 0 Å². The van der Waals surface area contributed by atoms with Gasteiger partial charge in [0.2, 0.25) is 0 Å². The number of hydrogen-bond acceptors (Lipinski definition) is 5. The zero-order valence-electron chi connectivity index (χ0n) is 12.8. The van der Waals surface area contributed by atoms with Gasteiger partial charge in [0.1, 0.15) is 16.8 Å². The highest BCUT2D eigenvalue weighted by Gasteiger charge is 2.29. The summed E-state index contributed by atoms with van der Waals surface area (Å²) in [7, 11) is 0. The first kappa shape index (κ1) is 15.9. The maximum atomic E-state index is 12.2. The van der Waals surface area contributed by atoms with E-state index in [-0.39, 0.29) is 12.0 Å². The minimum absolute atomic E-state index is 0.0533. The van der Waals surface area contributed by atoms with Gasteiger partial charge < -0.3 is 15.2 Å². The Balaban J connectivity index is 1.55. The number of hydrogen-bond donors (Lipinski definition) is 2. The van der Waals surface area contributed by atoms with Crippen molar-refractivity contribution in [3.63, 3.8) is 0 Å². The van der Waals surface area contributed by atoms with Crippen molar-refractivity contribution in [1.29, 1.82) is 0 Å². The molecule has 1 atom stereocenters. The van der Waals surface area contributed by atoms with E-state index in [1.807, 2.05) is 0 Å². The van der Waals surface area contributed by atoms with Crippen LogP contribution in [0, 0.1) is 0 Å². The predicted octanol–water partition coefficient (Wildman–Crippen LogP) is 2.81. The first-order valence-electron chi connectivity index (χ1n) is 8.24. The van der Waals surface area contributed by atoms with Crippen molar-refractivity contribution in [1.82, 2.24) is 10.3 Å². The molecule has 1 aliphatic carbocycles. The lowest BCUT2D eigenvalue weighted by molar-refractivity contribution is 0.0246. The number of aromatic nitrogens is 1. The third-order valence-electron chi connectivity index (χ3n) is 4.57. The van der Waals surface area contributed by atoms with Gasteiger partial charge in [-0.25, -0.2) is 4.98 Å². The molecule has 5 nitrogen and oxygen atoms in total. The van der Waals surface area contributed by atoms with Gasteiger partial charge >= 0.3 is 0 Å². The highest BCUT2D eigenvalue weighted by Crippen LogP contribution is 2.30. The predicted molar refractivity (Wildman–Crippen MR) is 85.0 cm³/mol. The average molecular weight is 324 g/mol. The molecule has 1 unspecified atom stereocenters. The van der Waals surface area contributed by atoms with Crippen molar-refractivity contribution >= 4 is 17.2 Å². The Labute approximate surface area is 135 Å². The summed E-state index contributed by atoms with van der Waals surface area (Å²) >= 11 is 1.48. The molecule has 0 bridgehead atoms. The van der Waals surface area contributed by atoms with Crippen molar-refractivity contribution in [3.05, 3.63) is 16.1 Å². The fourth-order valence-corrected chi connectivity index (χ4v) is 4.09. The fraction of sp³-hybridized carbons (Fsp3) is 0.750. The Morgan fingerprint density at radius 3 is 2.82 bits per heavy atom. The van der Waals surface area contributed by atoms with Crippen LogP contribution in [-0.4, -0.2) is 34.8 Å². The van der Waals surface area contributed by atoms with Crippen molar-refractivity contribution in [3.8, 4) is 0 Å². The third kappa shape index (κ3) is 3.86. The molecule has 2 aliphatic rings. The summed E-state index contributed by atoms with van der Waals surface area (Å²) < 4.78 is 5.59. The molecule has 0 spiro atoms. The lowest BCUT2D eigenvalue weighted by Gasteiger charge is -2.26. The lowest BCUT2D eigenvalue weighted by Crippen LogP contribution is -2.42. The van der Waals surface area contributed by atoms with Gasteiger partial charge in [0.25, 0.3) is 5.91 Å². The molecular weight excluding hydrogens is 300 g/mol. The normalized spacial score (nSPS) is 24.9. The number of carbonyl (C=O) groups excluding carboxylic acids is 1. The van der Waals surface area contributed by atoms with Gasteiger partial charge in [0.15, 0.2) is 0 Å². The van der Waals surface area contributed by atoms with E-state index in [4.69, 9.17) is 4.74 Å². The topological polar surface area (TPSA) is 71.5 Å². The number of nitrogens with zero attached hydrogens (tertiary/aromatic N) is 1. The molecule has 0 aromatic carbocycles. The van der Waals surface area contributed by atoms with Crippen LogP contribution < -0.4 is 5.32 Å². The highest BCUT2D eigenvalue weighted by atomic mass is 32.1. The zero-order valence-corrected chi connectivity index (χ0v) is 13.7. The molecular formula is C16H24N2O3S. The van der Waals surface area contributed by atoms with Crippen molar-refractivity contribution < 1.29 is 14.6 Å². The first-order chi connectivity index (χ1) is 10.7. The number of amides is 1. The second-order valence-corrected chi connectivity index (χ2v) is 7.28. The maximum Gasteiger partial charge on any atom is 0.270 e. The average Bonchev–Trinajstić information content (AvgIpc) is 3.15. The summed E-state index contributed by atoms with van der Waals surface area (Å²) in [5.41, 5.74) is -0.313. The van der Waals surface area contributed by atoms with Crippen LogP contribution in [0.4, 0.5) is 0 Å². The number of aliphatic hydroxyl groups is 1. The van der Waals surface area contributed by atoms with Crippen molar-refractivity contribution in [2.75, 3.05) is 13.2 Å². The van der Waals surface area contributed by atoms with E-state index >= 15 is 0 Å². The second-order valence-electron chi connectivity index (χ2n) is 6.39. The van der Waals surface area contributed by atoms with E-state index in [1.165, 1.54) is 24.2 Å². The summed E-state index contributed by atoms with van der Waals surface area (Å²) in [5, 5.41) is 16.1. The highest BCUT2D eigenvalue weighted by molar-refractivity contribution is 7.09. The van der Waals surface area contributed by atoms with Gasteiger partial charge in [0, 0.05) is 18.5 Å². The molecule has 2 fully saturated rings. The van der Waals surface area contributed by atoms with Gasteiger partial charge in [-0.1, -0.05) is 25.7 Å². The molecule has 122 valence electrons. The largest absolute Gasteiger partial charge is 0.388 e. The smallest absolute Gasteiger partial charge is 0.270 e. The standard InChI is InChI=1S/C16H24N2O3S/c19-14(17-11-16(20)7-3-1-2-4-8-16)12-10-22-15(18-12)13-6-5-9-21-13/h10,13,20H,1-9,11H2,(H,17,19). The molecule has 1 aromatic rings. The number of thiazole rings is 1. The minimum atomic E-state index is -0.750. The summed E-state index contributed by atoms with van der Waals surface area (Å²) in [4.78, 5) is 16.6. The van der Waals surface area contributed by atoms with E-state index in [2.05, 4.69) is 10.3 Å². The van der Waals surface area contributed by atoms with E-state index in [0.717, 1.165) is 50.1 Å². The van der Waals surface area contributed by atoms with Crippen LogP contribution in [0.3, 0.4) is 0 Å². The van der Waals surface area contributed by atoms with Crippen LogP contribution in [-0.2, 0) is 4.74 Å². The number of nitrogens with one attached hydrogen (secondary N) is 1. The van der Waals surface area contributed by atoms with Crippen LogP contribution in [0.25, 0.3) is 0 Å². The van der Waals surface area contributed by atoms with E-state index in [9.17, 15) is 9.90 Å². The van der Waals surface area contributed by atoms with Crippen LogP contribution >= 0.6 is 11.3 Å². The molecule has 1 aliphatic heterocycles. The van der Waals surface area contributed by atoms with Crippen LogP contribution in [0.2, 0.25) is 0 Å². The third-order valence-corrected chi connectivity index (χ3v) is 5.51. The van der Waals surface area contributed by atoms with Gasteiger partial charge in [-0.3, -0.25) is 4.79 Å². The Morgan fingerprint density at radius 1 is 1.36 bits per heavy atom. The van der Waals surface area contributed by atoms with Gasteiger partial charge in [-0.05, 0) is 25.7 Å². The molecule has 22 heavy (non-hydrogen) atoms. The molecule has 0 radical (unpaired) electrons. The quantitative estimate of drug-likeness (QED) is 0.836. The molecule has 1 aromatic heterocycles. The number of carbonyl (C=O) groups is 1. The van der Waals surface area contributed by atoms with Crippen molar-refractivity contribution in [2.45, 2.75) is 63.1 Å². The summed E-state index contributed by atoms with van der Waals surface area (Å²) in [6.45, 7) is 1.09. The fourth-order valence-electron chi connectivity index (χ4n) is 3.21. The van der Waals surface area contributed by atoms with E-state index < -0.39 is 5.60 Å². The Kier molecular flexibility index (Phi) is 5.10. The molecule has 2 N–H and O–H groups in total. The lowest BCUT2D eigenvalue weighted by atomic mass is 9.94. The Bertz CT molecular complexity index is 503. The summed E-state index contributed by atoms with van der Waals surface area (Å²) in [6, 6.07) is 0. The van der Waals surface area contributed by atoms with Crippen LogP contribution in [0.5, 0.6) is 0 Å². The summed E-state index contributed by atoms with van der Waals surface area (Å²) in [5.74, 6) is -0.196. The van der Waals surface area contributed by atoms with Gasteiger partial charge in [0.05, 0.1) is 5.60 Å². The Hall–Kier alpha value is -0.980. The first-order valence-corrected chi connectivity index (χ1v) is 9.12. The molecule has 3 rings (SSSR count). The molecule has 6 heteroatoms. The van der Waals surface area contributed by atoms with Crippen LogP contribution in [0.1, 0.15) is 73.0 Å². The monoisotopic (exact) mass is 324 g/mol. The molecule has 1 saturated carbocycles. The van der Waals surface area contributed by atoms with Gasteiger partial charge in [-0.15, -0.1) is 11.3 Å². The summed E-state index contributed by atoms with van der Waals surface area (Å²) in [6.07, 6.45) is 8.04. The van der Waals surface area contributed by atoms with Crippen LogP contribution in [0.15, 0.2) is 5.38 Å². The number of rotatable bonds is 4. The number of ether oxygens (including phenoxy) is 1. The Morgan fingerprint density at radius 2 is 2.14 bits per heavy atom. The second kappa shape index (κ2) is 7.06. The van der Waals surface area contributed by atoms with Gasteiger partial charge in [-0.2, -0.15) is 0 Å². The minimum Gasteiger partial charge on any atom is -0.388 e. The molecule has 1 amide bonds. The zero-order chi connectivity index (χ0) is 15.4. The van der Waals surface area contributed by atoms with E-state index in [1.54, 1.807) is 5.38 Å². The molecule has 1 saturated heterocycles. The maximum absolute atomic E-state index is 12.2. The molecule has 2 heterocycles.